The molecule has 0 radical (unpaired) electrons. The highest BCUT2D eigenvalue weighted by Gasteiger charge is 2.23. The largest absolute Gasteiger partial charge is 0.356 e. The van der Waals surface area contributed by atoms with Gasteiger partial charge in [-0.2, -0.15) is 0 Å². The lowest BCUT2D eigenvalue weighted by Gasteiger charge is -2.32. The van der Waals surface area contributed by atoms with Crippen molar-refractivity contribution in [1.29, 1.82) is 0 Å². The average molecular weight is 261 g/mol. The second-order valence-electron chi connectivity index (χ2n) is 4.91. The third-order valence-electron chi connectivity index (χ3n) is 3.47. The van der Waals surface area contributed by atoms with Gasteiger partial charge in [-0.15, -0.1) is 0 Å². The molecule has 19 heavy (non-hydrogen) atoms. The van der Waals surface area contributed by atoms with Gasteiger partial charge in [0, 0.05) is 44.5 Å². The Balaban J connectivity index is 1.83. The van der Waals surface area contributed by atoms with Crippen LogP contribution in [0.5, 0.6) is 0 Å². The zero-order chi connectivity index (χ0) is 13.7. The van der Waals surface area contributed by atoms with Gasteiger partial charge in [0.15, 0.2) is 0 Å². The molecule has 1 aliphatic rings. The zero-order valence-electron chi connectivity index (χ0n) is 11.1. The van der Waals surface area contributed by atoms with Gasteiger partial charge in [0.2, 0.25) is 5.91 Å². The van der Waals surface area contributed by atoms with E-state index in [0.29, 0.717) is 18.0 Å². The van der Waals surface area contributed by atoms with Crippen LogP contribution < -0.4 is 5.32 Å². The van der Waals surface area contributed by atoms with E-state index in [9.17, 15) is 9.59 Å². The number of rotatable bonds is 3. The molecule has 0 unspecified atom stereocenters. The number of amides is 2. The molecular weight excluding hydrogens is 242 g/mol. The molecule has 5 heteroatoms. The summed E-state index contributed by atoms with van der Waals surface area (Å²) in [6.45, 7) is 3.76. The molecule has 0 bridgehead atoms. The summed E-state index contributed by atoms with van der Waals surface area (Å²) in [5, 5.41) is 2.84. The molecule has 0 aromatic carbocycles. The highest BCUT2D eigenvalue weighted by Crippen LogP contribution is 2.18. The third-order valence-corrected chi connectivity index (χ3v) is 3.47. The van der Waals surface area contributed by atoms with Crippen molar-refractivity contribution in [2.45, 2.75) is 19.8 Å². The number of hydrogen-bond donors (Lipinski definition) is 1. The molecule has 1 saturated heterocycles. The first-order chi connectivity index (χ1) is 9.16. The Bertz CT molecular complexity index is 439. The number of carbonyl (C=O) groups is 2. The second kappa shape index (κ2) is 6.31. The Kier molecular flexibility index (Phi) is 4.49. The van der Waals surface area contributed by atoms with E-state index in [0.717, 1.165) is 25.9 Å². The quantitative estimate of drug-likeness (QED) is 0.885. The minimum absolute atomic E-state index is 0.00953. The van der Waals surface area contributed by atoms with Crippen LogP contribution in [0.4, 0.5) is 0 Å². The third kappa shape index (κ3) is 3.77. The molecule has 1 aromatic rings. The van der Waals surface area contributed by atoms with E-state index in [1.165, 1.54) is 6.92 Å². The van der Waals surface area contributed by atoms with Crippen molar-refractivity contribution in [2.75, 3.05) is 19.6 Å². The second-order valence-corrected chi connectivity index (χ2v) is 4.91. The lowest BCUT2D eigenvalue weighted by molar-refractivity contribution is -0.119. The van der Waals surface area contributed by atoms with Crippen LogP contribution in [0.3, 0.4) is 0 Å². The number of carbonyl (C=O) groups excluding carboxylic acids is 2. The van der Waals surface area contributed by atoms with Crippen LogP contribution in [0.25, 0.3) is 0 Å². The first kappa shape index (κ1) is 13.5. The van der Waals surface area contributed by atoms with Crippen molar-refractivity contribution in [3.63, 3.8) is 0 Å². The van der Waals surface area contributed by atoms with Gasteiger partial charge in [-0.05, 0) is 30.9 Å². The average Bonchev–Trinajstić information content (AvgIpc) is 2.46. The van der Waals surface area contributed by atoms with E-state index in [2.05, 4.69) is 10.3 Å². The smallest absolute Gasteiger partial charge is 0.253 e. The highest BCUT2D eigenvalue weighted by molar-refractivity contribution is 5.94. The maximum Gasteiger partial charge on any atom is 0.253 e. The summed E-state index contributed by atoms with van der Waals surface area (Å²) in [7, 11) is 0. The number of nitrogens with one attached hydrogen (secondary N) is 1. The van der Waals surface area contributed by atoms with Crippen LogP contribution in [0.2, 0.25) is 0 Å². The van der Waals surface area contributed by atoms with E-state index >= 15 is 0 Å². The van der Waals surface area contributed by atoms with Gasteiger partial charge in [0.1, 0.15) is 0 Å². The number of pyridine rings is 1. The summed E-state index contributed by atoms with van der Waals surface area (Å²) in [6.07, 6.45) is 5.15. The Morgan fingerprint density at radius 3 is 2.53 bits per heavy atom. The lowest BCUT2D eigenvalue weighted by Crippen LogP contribution is -2.41. The van der Waals surface area contributed by atoms with Crippen molar-refractivity contribution in [3.05, 3.63) is 30.1 Å². The summed E-state index contributed by atoms with van der Waals surface area (Å²) in [6, 6.07) is 3.48. The van der Waals surface area contributed by atoms with Gasteiger partial charge < -0.3 is 10.2 Å². The standard InChI is InChI=1S/C14H19N3O2/c1-11(18)16-10-12-4-8-17(9-5-12)14(19)13-2-6-15-7-3-13/h2-3,6-7,12H,4-5,8-10H2,1H3,(H,16,18). The predicted molar refractivity (Wildman–Crippen MR) is 71.5 cm³/mol. The molecule has 2 amide bonds. The molecule has 0 spiro atoms. The molecule has 0 atom stereocenters. The molecular formula is C14H19N3O2. The van der Waals surface area contributed by atoms with Crippen LogP contribution >= 0.6 is 0 Å². The number of hydrogen-bond acceptors (Lipinski definition) is 3. The van der Waals surface area contributed by atoms with Gasteiger partial charge in [-0.25, -0.2) is 0 Å². The predicted octanol–water partition coefficient (Wildman–Crippen LogP) is 1.07. The van der Waals surface area contributed by atoms with Crippen LogP contribution in [-0.4, -0.2) is 41.3 Å². The molecule has 0 aliphatic carbocycles. The van der Waals surface area contributed by atoms with Gasteiger partial charge in [0.05, 0.1) is 0 Å². The van der Waals surface area contributed by atoms with E-state index < -0.39 is 0 Å². The molecule has 1 N–H and O–H groups in total. The fraction of sp³-hybridized carbons (Fsp3) is 0.500. The Morgan fingerprint density at radius 1 is 1.32 bits per heavy atom. The van der Waals surface area contributed by atoms with Crippen LogP contribution in [0.15, 0.2) is 24.5 Å². The normalized spacial score (nSPS) is 16.2. The molecule has 2 rings (SSSR count). The summed E-state index contributed by atoms with van der Waals surface area (Å²) in [5.41, 5.74) is 0.690. The summed E-state index contributed by atoms with van der Waals surface area (Å²) in [5.74, 6) is 0.557. The SMILES string of the molecule is CC(=O)NCC1CCN(C(=O)c2ccncc2)CC1. The van der Waals surface area contributed by atoms with Gasteiger partial charge >= 0.3 is 0 Å². The lowest BCUT2D eigenvalue weighted by atomic mass is 9.96. The monoisotopic (exact) mass is 261 g/mol. The molecule has 0 saturated carbocycles. The Labute approximate surface area is 113 Å². The topological polar surface area (TPSA) is 62.3 Å². The molecule has 5 nitrogen and oxygen atoms in total. The maximum atomic E-state index is 12.2. The van der Waals surface area contributed by atoms with Crippen molar-refractivity contribution < 1.29 is 9.59 Å². The molecule has 1 aliphatic heterocycles. The Morgan fingerprint density at radius 2 is 1.95 bits per heavy atom. The van der Waals surface area contributed by atoms with Gasteiger partial charge in [0.25, 0.3) is 5.91 Å². The Hall–Kier alpha value is -1.91. The first-order valence-electron chi connectivity index (χ1n) is 6.60. The first-order valence-corrected chi connectivity index (χ1v) is 6.60. The number of nitrogens with zero attached hydrogens (tertiary/aromatic N) is 2. The summed E-state index contributed by atoms with van der Waals surface area (Å²) in [4.78, 5) is 28.9. The van der Waals surface area contributed by atoms with Crippen LogP contribution in [0, 0.1) is 5.92 Å². The number of aromatic nitrogens is 1. The van der Waals surface area contributed by atoms with Crippen molar-refractivity contribution in [1.82, 2.24) is 15.2 Å². The van der Waals surface area contributed by atoms with Gasteiger partial charge in [-0.3, -0.25) is 14.6 Å². The van der Waals surface area contributed by atoms with Crippen molar-refractivity contribution in [3.8, 4) is 0 Å². The van der Waals surface area contributed by atoms with E-state index in [1.54, 1.807) is 24.5 Å². The zero-order valence-corrected chi connectivity index (χ0v) is 11.1. The highest BCUT2D eigenvalue weighted by atomic mass is 16.2. The minimum atomic E-state index is 0.00953. The molecule has 1 fully saturated rings. The minimum Gasteiger partial charge on any atom is -0.356 e. The van der Waals surface area contributed by atoms with Crippen LogP contribution in [-0.2, 0) is 4.79 Å². The molecule has 1 aromatic heterocycles. The van der Waals surface area contributed by atoms with Crippen molar-refractivity contribution in [2.24, 2.45) is 5.92 Å². The number of likely N-dealkylation sites (tertiary alicyclic amines) is 1. The van der Waals surface area contributed by atoms with Crippen LogP contribution in [0.1, 0.15) is 30.1 Å². The summed E-state index contributed by atoms with van der Waals surface area (Å²) < 4.78 is 0. The van der Waals surface area contributed by atoms with Gasteiger partial charge in [-0.1, -0.05) is 0 Å². The van der Waals surface area contributed by atoms with E-state index in [4.69, 9.17) is 0 Å². The fourth-order valence-corrected chi connectivity index (χ4v) is 2.31. The maximum absolute atomic E-state index is 12.2. The van der Waals surface area contributed by atoms with E-state index in [-0.39, 0.29) is 11.8 Å². The van der Waals surface area contributed by atoms with Crippen molar-refractivity contribution >= 4 is 11.8 Å². The summed E-state index contributed by atoms with van der Waals surface area (Å²) >= 11 is 0. The fourth-order valence-electron chi connectivity index (χ4n) is 2.31. The van der Waals surface area contributed by atoms with E-state index in [1.807, 2.05) is 4.90 Å². The number of piperidine rings is 1. The molecule has 102 valence electrons. The molecule has 2 heterocycles.